The second kappa shape index (κ2) is 6.01. The highest BCUT2D eigenvalue weighted by Crippen LogP contribution is 2.24. The van der Waals surface area contributed by atoms with Crippen molar-refractivity contribution in [3.8, 4) is 0 Å². The van der Waals surface area contributed by atoms with E-state index in [1.54, 1.807) is 42.4 Å². The Balaban J connectivity index is 2.03. The minimum atomic E-state index is -0.102. The largest absolute Gasteiger partial charge is 0.375 e. The first-order chi connectivity index (χ1) is 11.0. The number of hydrogen-bond acceptors (Lipinski definition) is 3. The van der Waals surface area contributed by atoms with E-state index in [1.807, 2.05) is 17.8 Å². The first-order valence-electron chi connectivity index (χ1n) is 7.69. The molecule has 2 aromatic rings. The lowest BCUT2D eigenvalue weighted by Crippen LogP contribution is -2.42. The number of pyridine rings is 2. The number of carbonyl (C=O) groups is 2. The average molecular weight is 312 g/mol. The normalized spacial score (nSPS) is 14.4. The second-order valence-electron chi connectivity index (χ2n) is 5.83. The Kier molecular flexibility index (Phi) is 4.05. The molecule has 2 heterocycles. The van der Waals surface area contributed by atoms with Gasteiger partial charge in [0.25, 0.3) is 0 Å². The van der Waals surface area contributed by atoms with E-state index in [0.717, 1.165) is 6.42 Å². The lowest BCUT2D eigenvalue weighted by molar-refractivity contribution is -0.704. The summed E-state index contributed by atoms with van der Waals surface area (Å²) in [4.78, 5) is 25.4. The van der Waals surface area contributed by atoms with E-state index in [-0.39, 0.29) is 17.7 Å². The molecule has 1 unspecified atom stereocenters. The van der Waals surface area contributed by atoms with Gasteiger partial charge in [0.15, 0.2) is 31.3 Å². The lowest BCUT2D eigenvalue weighted by Gasteiger charge is -2.15. The molecule has 0 bridgehead atoms. The standard InChI is InChI=1S/C18H20N2O3/c1-4-12(23-3)9-20-8-6-14-16(11-20)18(22)13-5-7-19(2)10-15(13)17(14)21/h5-8,10-12H,4,9H2,1-3H3/q+2. The highest BCUT2D eigenvalue weighted by atomic mass is 16.5. The smallest absolute Gasteiger partial charge is 0.200 e. The van der Waals surface area contributed by atoms with Crippen molar-refractivity contribution in [2.75, 3.05) is 7.11 Å². The Labute approximate surface area is 135 Å². The summed E-state index contributed by atoms with van der Waals surface area (Å²) in [6, 6.07) is 3.44. The minimum absolute atomic E-state index is 0.0822. The molecular weight excluding hydrogens is 292 g/mol. The Morgan fingerprint density at radius 2 is 1.61 bits per heavy atom. The fourth-order valence-corrected chi connectivity index (χ4v) is 2.90. The third-order valence-electron chi connectivity index (χ3n) is 4.30. The Morgan fingerprint density at radius 3 is 2.22 bits per heavy atom. The molecule has 0 saturated heterocycles. The fourth-order valence-electron chi connectivity index (χ4n) is 2.90. The van der Waals surface area contributed by atoms with Gasteiger partial charge >= 0.3 is 0 Å². The average Bonchev–Trinajstić information content (AvgIpc) is 2.57. The summed E-state index contributed by atoms with van der Waals surface area (Å²) in [7, 11) is 3.51. The molecule has 1 atom stereocenters. The van der Waals surface area contributed by atoms with Crippen molar-refractivity contribution in [3.63, 3.8) is 0 Å². The number of fused-ring (bicyclic) bond motifs is 2. The zero-order valence-corrected chi connectivity index (χ0v) is 13.6. The van der Waals surface area contributed by atoms with Crippen LogP contribution in [0.15, 0.2) is 36.9 Å². The summed E-state index contributed by atoms with van der Waals surface area (Å²) >= 11 is 0. The van der Waals surface area contributed by atoms with Gasteiger partial charge in [0, 0.05) is 30.4 Å². The molecule has 23 heavy (non-hydrogen) atoms. The summed E-state index contributed by atoms with van der Waals surface area (Å²) in [6.45, 7) is 2.70. The van der Waals surface area contributed by atoms with Gasteiger partial charge in [-0.3, -0.25) is 9.59 Å². The van der Waals surface area contributed by atoms with Crippen molar-refractivity contribution in [2.24, 2.45) is 7.05 Å². The van der Waals surface area contributed by atoms with Crippen LogP contribution in [0.25, 0.3) is 0 Å². The number of rotatable bonds is 4. The van der Waals surface area contributed by atoms with Crippen LogP contribution in [0.4, 0.5) is 0 Å². The number of carbonyl (C=O) groups excluding carboxylic acids is 2. The van der Waals surface area contributed by atoms with Crippen molar-refractivity contribution in [2.45, 2.75) is 26.0 Å². The van der Waals surface area contributed by atoms with E-state index in [2.05, 4.69) is 6.92 Å². The number of ether oxygens (including phenoxy) is 1. The highest BCUT2D eigenvalue weighted by Gasteiger charge is 2.34. The molecule has 118 valence electrons. The molecule has 0 aliphatic heterocycles. The van der Waals surface area contributed by atoms with Crippen LogP contribution < -0.4 is 9.13 Å². The molecule has 0 radical (unpaired) electrons. The first-order valence-corrected chi connectivity index (χ1v) is 7.69. The van der Waals surface area contributed by atoms with Gasteiger partial charge in [0.05, 0.1) is 11.1 Å². The van der Waals surface area contributed by atoms with Gasteiger partial charge in [0.1, 0.15) is 13.2 Å². The van der Waals surface area contributed by atoms with E-state index >= 15 is 0 Å². The van der Waals surface area contributed by atoms with Crippen molar-refractivity contribution < 1.29 is 23.5 Å². The molecular formula is C18H20N2O3+2. The summed E-state index contributed by atoms with van der Waals surface area (Å²) in [6.07, 6.45) is 8.04. The molecule has 3 rings (SSSR count). The quantitative estimate of drug-likeness (QED) is 0.675. The SMILES string of the molecule is CCC(C[n+]1ccc2c(c1)C(=O)c1cc[n+](C)cc1C2=O)OC. The second-order valence-corrected chi connectivity index (χ2v) is 5.83. The van der Waals surface area contributed by atoms with Gasteiger partial charge in [0.2, 0.25) is 11.6 Å². The molecule has 0 fully saturated rings. The molecule has 0 saturated carbocycles. The molecule has 1 aliphatic rings. The highest BCUT2D eigenvalue weighted by molar-refractivity contribution is 6.27. The van der Waals surface area contributed by atoms with Gasteiger partial charge in [-0.1, -0.05) is 6.92 Å². The number of ketones is 2. The lowest BCUT2D eigenvalue weighted by atomic mass is 9.86. The molecule has 1 aliphatic carbocycles. The Bertz CT molecular complexity index is 795. The Hall–Kier alpha value is -2.40. The van der Waals surface area contributed by atoms with Gasteiger partial charge < -0.3 is 4.74 Å². The molecule has 0 N–H and O–H groups in total. The summed E-state index contributed by atoms with van der Waals surface area (Å²) in [5.74, 6) is -0.202. The van der Waals surface area contributed by atoms with Crippen LogP contribution in [0.1, 0.15) is 45.2 Å². The summed E-state index contributed by atoms with van der Waals surface area (Å²) < 4.78 is 9.08. The zero-order chi connectivity index (χ0) is 16.6. The molecule has 5 nitrogen and oxygen atoms in total. The van der Waals surface area contributed by atoms with Crippen molar-refractivity contribution in [3.05, 3.63) is 59.2 Å². The molecule has 0 aromatic carbocycles. The summed E-state index contributed by atoms with van der Waals surface area (Å²) in [5, 5.41) is 0. The van der Waals surface area contributed by atoms with E-state index in [9.17, 15) is 9.59 Å². The molecule has 0 spiro atoms. The van der Waals surface area contributed by atoms with Crippen LogP contribution in [-0.2, 0) is 18.3 Å². The van der Waals surface area contributed by atoms with Crippen LogP contribution in [0, 0.1) is 0 Å². The van der Waals surface area contributed by atoms with Crippen LogP contribution in [0.5, 0.6) is 0 Å². The van der Waals surface area contributed by atoms with Crippen molar-refractivity contribution >= 4 is 11.6 Å². The topological polar surface area (TPSA) is 51.1 Å². The van der Waals surface area contributed by atoms with E-state index in [4.69, 9.17) is 4.74 Å². The number of aryl methyl sites for hydroxylation is 1. The predicted molar refractivity (Wildman–Crippen MR) is 82.2 cm³/mol. The van der Waals surface area contributed by atoms with Crippen LogP contribution in [-0.4, -0.2) is 24.8 Å². The van der Waals surface area contributed by atoms with E-state index in [1.165, 1.54) is 0 Å². The fraction of sp³-hybridized carbons (Fsp3) is 0.333. The third kappa shape index (κ3) is 2.68. The third-order valence-corrected chi connectivity index (χ3v) is 4.30. The van der Waals surface area contributed by atoms with E-state index in [0.29, 0.717) is 28.8 Å². The molecule has 2 aromatic heterocycles. The summed E-state index contributed by atoms with van der Waals surface area (Å²) in [5.41, 5.74) is 1.87. The van der Waals surface area contributed by atoms with Crippen molar-refractivity contribution in [1.29, 1.82) is 0 Å². The first kappa shape index (κ1) is 15.5. The maximum Gasteiger partial charge on any atom is 0.200 e. The van der Waals surface area contributed by atoms with Gasteiger partial charge in [-0.15, -0.1) is 0 Å². The number of aromatic nitrogens is 2. The van der Waals surface area contributed by atoms with Gasteiger partial charge in [-0.25, -0.2) is 9.13 Å². The van der Waals surface area contributed by atoms with Gasteiger partial charge in [-0.05, 0) is 6.42 Å². The van der Waals surface area contributed by atoms with Crippen LogP contribution in [0.3, 0.4) is 0 Å². The minimum Gasteiger partial charge on any atom is -0.375 e. The maximum absolute atomic E-state index is 12.7. The number of methoxy groups -OCH3 is 1. The molecule has 0 amide bonds. The van der Waals surface area contributed by atoms with E-state index < -0.39 is 0 Å². The van der Waals surface area contributed by atoms with Crippen LogP contribution in [0.2, 0.25) is 0 Å². The maximum atomic E-state index is 12.7. The van der Waals surface area contributed by atoms with Gasteiger partial charge in [-0.2, -0.15) is 0 Å². The number of nitrogens with zero attached hydrogens (tertiary/aromatic N) is 2. The zero-order valence-electron chi connectivity index (χ0n) is 13.6. The van der Waals surface area contributed by atoms with Crippen LogP contribution >= 0.6 is 0 Å². The number of hydrogen-bond donors (Lipinski definition) is 0. The van der Waals surface area contributed by atoms with Crippen molar-refractivity contribution in [1.82, 2.24) is 0 Å². The molecule has 5 heteroatoms. The monoisotopic (exact) mass is 312 g/mol. The predicted octanol–water partition coefficient (Wildman–Crippen LogP) is 0.999. The Morgan fingerprint density at radius 1 is 1.00 bits per heavy atom.